The Morgan fingerprint density at radius 3 is 2.53 bits per heavy atom. The highest BCUT2D eigenvalue weighted by Gasteiger charge is 2.19. The van der Waals surface area contributed by atoms with Crippen molar-refractivity contribution in [2.75, 3.05) is 14.2 Å². The highest BCUT2D eigenvalue weighted by atomic mass is 16.5. The summed E-state index contributed by atoms with van der Waals surface area (Å²) in [6.45, 7) is 1.88. The van der Waals surface area contributed by atoms with Gasteiger partial charge in [-0.1, -0.05) is 6.07 Å². The van der Waals surface area contributed by atoms with E-state index in [9.17, 15) is 4.79 Å². The van der Waals surface area contributed by atoms with Crippen molar-refractivity contribution in [1.29, 1.82) is 0 Å². The number of rotatable bonds is 4. The van der Waals surface area contributed by atoms with Gasteiger partial charge in [-0.25, -0.2) is 0 Å². The van der Waals surface area contributed by atoms with Crippen LogP contribution >= 0.6 is 0 Å². The Labute approximate surface area is 112 Å². The predicted molar refractivity (Wildman–Crippen MR) is 72.0 cm³/mol. The minimum atomic E-state index is -0.124. The van der Waals surface area contributed by atoms with Gasteiger partial charge in [0.2, 0.25) is 0 Å². The summed E-state index contributed by atoms with van der Waals surface area (Å²) in [7, 11) is 3.06. The molecule has 0 aliphatic carbocycles. The lowest BCUT2D eigenvalue weighted by atomic mass is 10.00. The number of hydrogen-bond donors (Lipinski definition) is 0. The highest BCUT2D eigenvalue weighted by Crippen LogP contribution is 2.32. The van der Waals surface area contributed by atoms with Gasteiger partial charge in [-0.3, -0.25) is 9.78 Å². The number of methoxy groups -OCH3 is 2. The predicted octanol–water partition coefficient (Wildman–Crippen LogP) is 2.64. The van der Waals surface area contributed by atoms with Crippen LogP contribution in [0.15, 0.2) is 36.7 Å². The third-order valence-corrected chi connectivity index (χ3v) is 2.93. The van der Waals surface area contributed by atoms with Gasteiger partial charge in [0.05, 0.1) is 19.8 Å². The van der Waals surface area contributed by atoms with Crippen molar-refractivity contribution in [2.24, 2.45) is 0 Å². The maximum absolute atomic E-state index is 12.5. The van der Waals surface area contributed by atoms with Crippen molar-refractivity contribution in [3.63, 3.8) is 0 Å². The molecule has 4 nitrogen and oxygen atoms in total. The van der Waals surface area contributed by atoms with Crippen LogP contribution in [-0.4, -0.2) is 25.0 Å². The van der Waals surface area contributed by atoms with Gasteiger partial charge < -0.3 is 9.47 Å². The van der Waals surface area contributed by atoms with E-state index in [1.54, 1.807) is 43.8 Å². The van der Waals surface area contributed by atoms with E-state index < -0.39 is 0 Å². The molecule has 1 heterocycles. The van der Waals surface area contributed by atoms with Crippen LogP contribution in [0, 0.1) is 6.92 Å². The molecule has 0 fully saturated rings. The number of hydrogen-bond acceptors (Lipinski definition) is 4. The number of aryl methyl sites for hydroxylation is 1. The first-order chi connectivity index (χ1) is 9.19. The van der Waals surface area contributed by atoms with Crippen LogP contribution in [0.1, 0.15) is 21.5 Å². The summed E-state index contributed by atoms with van der Waals surface area (Å²) in [5.74, 6) is 0.856. The fourth-order valence-electron chi connectivity index (χ4n) is 1.91. The van der Waals surface area contributed by atoms with Gasteiger partial charge in [0.1, 0.15) is 0 Å². The zero-order valence-corrected chi connectivity index (χ0v) is 11.1. The second kappa shape index (κ2) is 5.52. The standard InChI is InChI=1S/C15H15NO3/c1-10-7-8-16-9-12(10)14(17)11-5-4-6-13(18-2)15(11)19-3/h4-9H,1-3H3. The summed E-state index contributed by atoms with van der Waals surface area (Å²) in [5.41, 5.74) is 1.91. The molecule has 2 rings (SSSR count). The second-order valence-electron chi connectivity index (χ2n) is 4.06. The lowest BCUT2D eigenvalue weighted by Gasteiger charge is -2.12. The minimum absolute atomic E-state index is 0.124. The van der Waals surface area contributed by atoms with Crippen LogP contribution in [0.4, 0.5) is 0 Å². The number of nitrogens with zero attached hydrogens (tertiary/aromatic N) is 1. The van der Waals surface area contributed by atoms with Gasteiger partial charge >= 0.3 is 0 Å². The number of ketones is 1. The fourth-order valence-corrected chi connectivity index (χ4v) is 1.91. The molecule has 0 radical (unpaired) electrons. The number of aromatic nitrogens is 1. The van der Waals surface area contributed by atoms with Gasteiger partial charge in [0.15, 0.2) is 17.3 Å². The molecule has 0 unspecified atom stereocenters. The average molecular weight is 257 g/mol. The quantitative estimate of drug-likeness (QED) is 0.790. The molecule has 2 aromatic rings. The second-order valence-corrected chi connectivity index (χ2v) is 4.06. The van der Waals surface area contributed by atoms with E-state index in [0.29, 0.717) is 22.6 Å². The summed E-state index contributed by atoms with van der Waals surface area (Å²) in [6, 6.07) is 7.04. The van der Waals surface area contributed by atoms with Gasteiger partial charge in [0, 0.05) is 18.0 Å². The summed E-state index contributed by atoms with van der Waals surface area (Å²) in [5, 5.41) is 0. The van der Waals surface area contributed by atoms with Crippen LogP contribution in [0.3, 0.4) is 0 Å². The first-order valence-corrected chi connectivity index (χ1v) is 5.85. The van der Waals surface area contributed by atoms with Gasteiger partial charge in [-0.05, 0) is 30.7 Å². The maximum atomic E-state index is 12.5. The lowest BCUT2D eigenvalue weighted by molar-refractivity contribution is 0.103. The molecule has 1 aromatic heterocycles. The zero-order valence-electron chi connectivity index (χ0n) is 11.1. The Hall–Kier alpha value is -2.36. The maximum Gasteiger partial charge on any atom is 0.198 e. The molecule has 0 atom stereocenters. The molecule has 0 aliphatic heterocycles. The first-order valence-electron chi connectivity index (χ1n) is 5.85. The number of carbonyl (C=O) groups is 1. The van der Waals surface area contributed by atoms with Crippen LogP contribution < -0.4 is 9.47 Å². The third kappa shape index (κ3) is 2.42. The molecule has 4 heteroatoms. The number of ether oxygens (including phenoxy) is 2. The van der Waals surface area contributed by atoms with Crippen molar-refractivity contribution in [1.82, 2.24) is 4.98 Å². The molecule has 0 saturated carbocycles. The summed E-state index contributed by atoms with van der Waals surface area (Å²) >= 11 is 0. The molecule has 0 amide bonds. The van der Waals surface area contributed by atoms with E-state index in [4.69, 9.17) is 9.47 Å². The van der Waals surface area contributed by atoms with E-state index in [0.717, 1.165) is 5.56 Å². The number of carbonyl (C=O) groups excluding carboxylic acids is 1. The summed E-state index contributed by atoms with van der Waals surface area (Å²) in [4.78, 5) is 16.5. The van der Waals surface area contributed by atoms with Crippen LogP contribution in [0.5, 0.6) is 11.5 Å². The largest absolute Gasteiger partial charge is 0.493 e. The van der Waals surface area contributed by atoms with E-state index in [2.05, 4.69) is 4.98 Å². The van der Waals surface area contributed by atoms with Gasteiger partial charge in [0.25, 0.3) is 0 Å². The summed E-state index contributed by atoms with van der Waals surface area (Å²) < 4.78 is 10.5. The lowest BCUT2D eigenvalue weighted by Crippen LogP contribution is -2.07. The van der Waals surface area contributed by atoms with Gasteiger partial charge in [-0.2, -0.15) is 0 Å². The highest BCUT2D eigenvalue weighted by molar-refractivity contribution is 6.11. The Morgan fingerprint density at radius 1 is 1.11 bits per heavy atom. The van der Waals surface area contributed by atoms with Gasteiger partial charge in [-0.15, -0.1) is 0 Å². The molecule has 0 aliphatic rings. The molecular weight excluding hydrogens is 242 g/mol. The number of pyridine rings is 1. The molecule has 0 N–H and O–H groups in total. The van der Waals surface area contributed by atoms with Crippen LogP contribution in [0.25, 0.3) is 0 Å². The molecule has 0 saturated heterocycles. The van der Waals surface area contributed by atoms with Crippen molar-refractivity contribution in [2.45, 2.75) is 6.92 Å². The molecule has 98 valence electrons. The number of benzene rings is 1. The SMILES string of the molecule is COc1cccc(C(=O)c2cnccc2C)c1OC. The van der Waals surface area contributed by atoms with E-state index in [-0.39, 0.29) is 5.78 Å². The molecular formula is C15H15NO3. The monoisotopic (exact) mass is 257 g/mol. The molecule has 1 aromatic carbocycles. The molecule has 0 spiro atoms. The molecule has 19 heavy (non-hydrogen) atoms. The van der Waals surface area contributed by atoms with E-state index in [1.165, 1.54) is 7.11 Å². The van der Waals surface area contributed by atoms with Crippen molar-refractivity contribution in [3.8, 4) is 11.5 Å². The topological polar surface area (TPSA) is 48.4 Å². The third-order valence-electron chi connectivity index (χ3n) is 2.93. The molecule has 0 bridgehead atoms. The van der Waals surface area contributed by atoms with Crippen molar-refractivity contribution >= 4 is 5.78 Å². The summed E-state index contributed by atoms with van der Waals surface area (Å²) in [6.07, 6.45) is 3.23. The normalized spacial score (nSPS) is 10.1. The zero-order chi connectivity index (χ0) is 13.8. The van der Waals surface area contributed by atoms with E-state index >= 15 is 0 Å². The minimum Gasteiger partial charge on any atom is -0.493 e. The smallest absolute Gasteiger partial charge is 0.198 e. The fraction of sp³-hybridized carbons (Fsp3) is 0.200. The van der Waals surface area contributed by atoms with Crippen LogP contribution in [-0.2, 0) is 0 Å². The number of para-hydroxylation sites is 1. The average Bonchev–Trinajstić information content (AvgIpc) is 2.46. The van der Waals surface area contributed by atoms with Crippen LogP contribution in [0.2, 0.25) is 0 Å². The Morgan fingerprint density at radius 2 is 1.89 bits per heavy atom. The Kier molecular flexibility index (Phi) is 3.80. The Balaban J connectivity index is 2.54. The van der Waals surface area contributed by atoms with E-state index in [1.807, 2.05) is 6.92 Å². The first kappa shape index (κ1) is 13.1. The van der Waals surface area contributed by atoms with Crippen molar-refractivity contribution in [3.05, 3.63) is 53.3 Å². The van der Waals surface area contributed by atoms with Crippen molar-refractivity contribution < 1.29 is 14.3 Å². The Bertz CT molecular complexity index is 608.